The summed E-state index contributed by atoms with van der Waals surface area (Å²) in [7, 11) is 0. The monoisotopic (exact) mass is 421 g/mol. The lowest BCUT2D eigenvalue weighted by molar-refractivity contribution is -0.138. The van der Waals surface area contributed by atoms with E-state index in [-0.39, 0.29) is 25.0 Å². The fourth-order valence-corrected chi connectivity index (χ4v) is 3.72. The molecule has 2 amide bonds. The van der Waals surface area contributed by atoms with Gasteiger partial charge in [-0.3, -0.25) is 19.2 Å². The first-order chi connectivity index (χ1) is 13.9. The number of aliphatic carboxylic acids is 2. The molecule has 1 atom stereocenters. The van der Waals surface area contributed by atoms with Crippen molar-refractivity contribution in [3.63, 3.8) is 0 Å². The van der Waals surface area contributed by atoms with E-state index in [9.17, 15) is 19.2 Å². The van der Waals surface area contributed by atoms with Gasteiger partial charge in [-0.05, 0) is 18.1 Å². The Bertz CT molecular complexity index is 882. The van der Waals surface area contributed by atoms with E-state index in [0.717, 1.165) is 16.5 Å². The molecule has 9 nitrogen and oxygen atoms in total. The van der Waals surface area contributed by atoms with Crippen LogP contribution >= 0.6 is 11.8 Å². The minimum Gasteiger partial charge on any atom is -0.481 e. The summed E-state index contributed by atoms with van der Waals surface area (Å²) in [6, 6.07) is 6.90. The van der Waals surface area contributed by atoms with Crippen molar-refractivity contribution < 1.29 is 29.4 Å². The van der Waals surface area contributed by atoms with Crippen LogP contribution in [-0.4, -0.2) is 57.3 Å². The second-order valence-electron chi connectivity index (χ2n) is 6.35. The van der Waals surface area contributed by atoms with Crippen molar-refractivity contribution >= 4 is 46.4 Å². The molecule has 1 heterocycles. The Hall–Kier alpha value is -3.01. The fraction of sp³-hybridized carbons (Fsp3) is 0.368. The fourth-order valence-electron chi connectivity index (χ4n) is 2.67. The Morgan fingerprint density at radius 2 is 1.83 bits per heavy atom. The minimum atomic E-state index is -1.18. The molecule has 0 saturated carbocycles. The number of benzene rings is 1. The summed E-state index contributed by atoms with van der Waals surface area (Å²) in [5.41, 5.74) is 2.06. The zero-order valence-electron chi connectivity index (χ0n) is 15.6. The normalized spacial score (nSPS) is 11.7. The van der Waals surface area contributed by atoms with Crippen LogP contribution in [0.15, 0.2) is 30.5 Å². The van der Waals surface area contributed by atoms with Crippen molar-refractivity contribution in [3.8, 4) is 0 Å². The maximum Gasteiger partial charge on any atom is 0.322 e. The molecule has 2 rings (SSSR count). The van der Waals surface area contributed by atoms with Gasteiger partial charge in [-0.2, -0.15) is 11.8 Å². The van der Waals surface area contributed by atoms with Gasteiger partial charge in [-0.1, -0.05) is 18.2 Å². The van der Waals surface area contributed by atoms with Gasteiger partial charge in [-0.15, -0.1) is 0 Å². The van der Waals surface area contributed by atoms with Gasteiger partial charge in [0.2, 0.25) is 11.8 Å². The minimum absolute atomic E-state index is 0.0257. The number of aromatic amines is 1. The number of hydrogen-bond acceptors (Lipinski definition) is 5. The van der Waals surface area contributed by atoms with Crippen LogP contribution in [0.5, 0.6) is 0 Å². The summed E-state index contributed by atoms with van der Waals surface area (Å²) in [5, 5.41) is 23.3. The Labute approximate surface area is 171 Å². The third-order valence-electron chi connectivity index (χ3n) is 4.08. The Morgan fingerprint density at radius 3 is 2.55 bits per heavy atom. The molecule has 29 heavy (non-hydrogen) atoms. The highest BCUT2D eigenvalue weighted by Gasteiger charge is 2.21. The topological polar surface area (TPSA) is 149 Å². The first-order valence-electron chi connectivity index (χ1n) is 9.00. The van der Waals surface area contributed by atoms with Gasteiger partial charge in [0.25, 0.3) is 0 Å². The third kappa shape index (κ3) is 7.49. The zero-order chi connectivity index (χ0) is 21.2. The van der Waals surface area contributed by atoms with E-state index in [1.807, 2.05) is 30.5 Å². The summed E-state index contributed by atoms with van der Waals surface area (Å²) in [4.78, 5) is 48.7. The lowest BCUT2D eigenvalue weighted by atomic mass is 10.2. The molecule has 0 saturated heterocycles. The maximum absolute atomic E-state index is 12.3. The number of carbonyl (C=O) groups excluding carboxylic acids is 2. The standard InChI is InChI=1S/C19H23N3O6S/c23-16(6-3-7-17(24)25)22-15(19(28)21-9-18(26)27)11-29-10-12-8-20-14-5-2-1-4-13(12)14/h1-2,4-5,8,15,20H,3,6-7,9-11H2,(H,21,28)(H,22,23)(H,24,25)(H,26,27)/t15-/m0/s1. The molecule has 0 spiro atoms. The van der Waals surface area contributed by atoms with Gasteiger partial charge >= 0.3 is 11.9 Å². The van der Waals surface area contributed by atoms with Crippen molar-refractivity contribution in [2.45, 2.75) is 31.1 Å². The summed E-state index contributed by atoms with van der Waals surface area (Å²) in [6.45, 7) is -0.544. The van der Waals surface area contributed by atoms with E-state index in [4.69, 9.17) is 10.2 Å². The number of carboxylic acid groups (broad SMARTS) is 2. The van der Waals surface area contributed by atoms with Crippen LogP contribution in [0.4, 0.5) is 0 Å². The Kier molecular flexibility index (Phi) is 8.53. The largest absolute Gasteiger partial charge is 0.481 e. The molecule has 0 unspecified atom stereocenters. The average Bonchev–Trinajstić information content (AvgIpc) is 3.08. The van der Waals surface area contributed by atoms with Crippen LogP contribution in [0.3, 0.4) is 0 Å². The van der Waals surface area contributed by atoms with Gasteiger partial charge in [0, 0.05) is 41.4 Å². The van der Waals surface area contributed by atoms with Crippen molar-refractivity contribution in [1.82, 2.24) is 15.6 Å². The van der Waals surface area contributed by atoms with Gasteiger partial charge < -0.3 is 25.8 Å². The average molecular weight is 421 g/mol. The van der Waals surface area contributed by atoms with Crippen molar-refractivity contribution in [2.75, 3.05) is 12.3 Å². The number of para-hydroxylation sites is 1. The number of rotatable bonds is 12. The van der Waals surface area contributed by atoms with Crippen LogP contribution < -0.4 is 10.6 Å². The highest BCUT2D eigenvalue weighted by atomic mass is 32.2. The summed E-state index contributed by atoms with van der Waals surface area (Å²) >= 11 is 1.43. The van der Waals surface area contributed by atoms with Crippen LogP contribution in [0.25, 0.3) is 10.9 Å². The molecule has 10 heteroatoms. The van der Waals surface area contributed by atoms with Crippen molar-refractivity contribution in [3.05, 3.63) is 36.0 Å². The number of fused-ring (bicyclic) bond motifs is 1. The van der Waals surface area contributed by atoms with E-state index in [1.165, 1.54) is 11.8 Å². The number of thioether (sulfide) groups is 1. The molecule has 2 aromatic rings. The van der Waals surface area contributed by atoms with Crippen LogP contribution in [0.1, 0.15) is 24.8 Å². The molecule has 0 aliphatic carbocycles. The van der Waals surface area contributed by atoms with E-state index in [1.54, 1.807) is 0 Å². The number of carbonyl (C=O) groups is 4. The van der Waals surface area contributed by atoms with Gasteiger partial charge in [0.05, 0.1) is 0 Å². The SMILES string of the molecule is O=C(O)CCCC(=O)N[C@@H](CSCc1c[nH]c2ccccc12)C(=O)NCC(=O)O. The molecular formula is C19H23N3O6S. The first-order valence-corrected chi connectivity index (χ1v) is 10.2. The molecule has 0 aliphatic rings. The van der Waals surface area contributed by atoms with Crippen molar-refractivity contribution in [2.24, 2.45) is 0 Å². The number of hydrogen-bond donors (Lipinski definition) is 5. The summed E-state index contributed by atoms with van der Waals surface area (Å²) < 4.78 is 0. The van der Waals surface area contributed by atoms with Crippen molar-refractivity contribution in [1.29, 1.82) is 0 Å². The van der Waals surface area contributed by atoms with Crippen LogP contribution in [0, 0.1) is 0 Å². The number of amides is 2. The maximum atomic E-state index is 12.3. The number of carboxylic acids is 2. The van der Waals surface area contributed by atoms with Gasteiger partial charge in [0.15, 0.2) is 0 Å². The number of nitrogens with one attached hydrogen (secondary N) is 3. The number of H-pyrrole nitrogens is 1. The predicted molar refractivity (Wildman–Crippen MR) is 109 cm³/mol. The molecule has 0 bridgehead atoms. The molecule has 156 valence electrons. The summed E-state index contributed by atoms with van der Waals surface area (Å²) in [6.07, 6.45) is 1.88. The first kappa shape index (κ1) is 22.3. The second kappa shape index (κ2) is 11.1. The predicted octanol–water partition coefficient (Wildman–Crippen LogP) is 1.34. The lowest BCUT2D eigenvalue weighted by Gasteiger charge is -2.17. The van der Waals surface area contributed by atoms with Crippen LogP contribution in [0.2, 0.25) is 0 Å². The van der Waals surface area contributed by atoms with E-state index >= 15 is 0 Å². The van der Waals surface area contributed by atoms with E-state index < -0.39 is 36.3 Å². The van der Waals surface area contributed by atoms with E-state index in [2.05, 4.69) is 15.6 Å². The Balaban J connectivity index is 1.92. The molecular weight excluding hydrogens is 398 g/mol. The van der Waals surface area contributed by atoms with Gasteiger partial charge in [-0.25, -0.2) is 0 Å². The third-order valence-corrected chi connectivity index (χ3v) is 5.16. The van der Waals surface area contributed by atoms with E-state index in [0.29, 0.717) is 5.75 Å². The molecule has 0 radical (unpaired) electrons. The molecule has 1 aromatic carbocycles. The molecule has 1 aromatic heterocycles. The number of aromatic nitrogens is 1. The molecule has 5 N–H and O–H groups in total. The second-order valence-corrected chi connectivity index (χ2v) is 7.38. The highest BCUT2D eigenvalue weighted by molar-refractivity contribution is 7.98. The van der Waals surface area contributed by atoms with Crippen LogP contribution in [-0.2, 0) is 24.9 Å². The highest BCUT2D eigenvalue weighted by Crippen LogP contribution is 2.22. The quantitative estimate of drug-likeness (QED) is 0.347. The summed E-state index contributed by atoms with van der Waals surface area (Å²) in [5.74, 6) is -2.38. The smallest absolute Gasteiger partial charge is 0.322 e. The zero-order valence-corrected chi connectivity index (χ0v) is 16.5. The molecule has 0 aliphatic heterocycles. The molecule has 0 fully saturated rings. The Morgan fingerprint density at radius 1 is 1.07 bits per heavy atom. The lowest BCUT2D eigenvalue weighted by Crippen LogP contribution is -2.49. The van der Waals surface area contributed by atoms with Gasteiger partial charge in [0.1, 0.15) is 12.6 Å².